The van der Waals surface area contributed by atoms with Gasteiger partial charge in [-0.2, -0.15) is 0 Å². The van der Waals surface area contributed by atoms with Crippen LogP contribution in [0.1, 0.15) is 31.9 Å². The number of halogens is 2. The Morgan fingerprint density at radius 2 is 1.51 bits per heavy atom. The summed E-state index contributed by atoms with van der Waals surface area (Å²) < 4.78 is 28.7. The van der Waals surface area contributed by atoms with E-state index in [1.54, 1.807) is 67.6 Å². The number of carbonyl (C=O) groups is 2. The first-order chi connectivity index (χ1) is 18.4. The average molecular weight is 591 g/mol. The Labute approximate surface area is 240 Å². The van der Waals surface area contributed by atoms with Crippen LogP contribution in [0.5, 0.6) is 0 Å². The fourth-order valence-electron chi connectivity index (χ4n) is 3.83. The smallest absolute Gasteiger partial charge is 0.264 e. The van der Waals surface area contributed by atoms with Crippen LogP contribution in [0.3, 0.4) is 0 Å². The van der Waals surface area contributed by atoms with Crippen molar-refractivity contribution in [1.29, 1.82) is 0 Å². The molecule has 0 radical (unpaired) electrons. The van der Waals surface area contributed by atoms with Crippen LogP contribution in [0.2, 0.25) is 10.0 Å². The van der Waals surface area contributed by atoms with Gasteiger partial charge in [0.1, 0.15) is 12.6 Å². The van der Waals surface area contributed by atoms with Crippen molar-refractivity contribution in [2.24, 2.45) is 5.92 Å². The molecule has 0 aromatic heterocycles. The summed E-state index contributed by atoms with van der Waals surface area (Å²) in [6.07, 6.45) is 0. The van der Waals surface area contributed by atoms with Gasteiger partial charge >= 0.3 is 0 Å². The highest BCUT2D eigenvalue weighted by molar-refractivity contribution is 7.92. The van der Waals surface area contributed by atoms with Gasteiger partial charge < -0.3 is 10.2 Å². The van der Waals surface area contributed by atoms with Gasteiger partial charge in [-0.05, 0) is 61.7 Å². The molecule has 208 valence electrons. The van der Waals surface area contributed by atoms with Gasteiger partial charge in [-0.3, -0.25) is 13.9 Å². The molecule has 0 aliphatic carbocycles. The third kappa shape index (κ3) is 7.97. The number of nitrogens with zero attached hydrogens (tertiary/aromatic N) is 2. The summed E-state index contributed by atoms with van der Waals surface area (Å²) in [5, 5.41) is 3.57. The molecule has 0 bridgehead atoms. The van der Waals surface area contributed by atoms with Gasteiger partial charge in [0.25, 0.3) is 10.0 Å². The summed E-state index contributed by atoms with van der Waals surface area (Å²) in [4.78, 5) is 28.3. The molecule has 1 atom stereocenters. The SMILES string of the molecule is Cc1ccc(S(=O)(=O)N(CC(=O)N(Cc2ccc(Cl)cc2)[C@@H](C)C(=O)NCC(C)C)c2ccccc2Cl)cc1. The molecule has 0 saturated carbocycles. The van der Waals surface area contributed by atoms with Crippen LogP contribution >= 0.6 is 23.2 Å². The number of aryl methyl sites for hydroxylation is 1. The third-order valence-corrected chi connectivity index (χ3v) is 8.47. The second-order valence-corrected chi connectivity index (χ2v) is 12.4. The Balaban J connectivity index is 2.02. The van der Waals surface area contributed by atoms with Gasteiger partial charge in [0.05, 0.1) is 15.6 Å². The fraction of sp³-hybridized carbons (Fsp3) is 0.310. The zero-order valence-corrected chi connectivity index (χ0v) is 24.7. The zero-order valence-electron chi connectivity index (χ0n) is 22.4. The first kappa shape index (κ1) is 30.5. The van der Waals surface area contributed by atoms with Crippen LogP contribution < -0.4 is 9.62 Å². The number of nitrogens with one attached hydrogen (secondary N) is 1. The van der Waals surface area contributed by atoms with E-state index in [4.69, 9.17) is 23.2 Å². The van der Waals surface area contributed by atoms with Gasteiger partial charge in [-0.1, -0.05) is 79.0 Å². The molecule has 7 nitrogen and oxygen atoms in total. The summed E-state index contributed by atoms with van der Waals surface area (Å²) >= 11 is 12.5. The lowest BCUT2D eigenvalue weighted by atomic mass is 10.1. The molecule has 1 N–H and O–H groups in total. The first-order valence-electron chi connectivity index (χ1n) is 12.6. The van der Waals surface area contributed by atoms with Crippen LogP contribution in [-0.2, 0) is 26.2 Å². The van der Waals surface area contributed by atoms with Crippen LogP contribution in [0, 0.1) is 12.8 Å². The summed E-state index contributed by atoms with van der Waals surface area (Å²) in [6, 6.07) is 18.8. The maximum absolute atomic E-state index is 13.9. The maximum Gasteiger partial charge on any atom is 0.264 e. The number of carbonyl (C=O) groups excluding carboxylic acids is 2. The minimum absolute atomic E-state index is 0.0211. The van der Waals surface area contributed by atoms with Crippen molar-refractivity contribution in [3.8, 4) is 0 Å². The van der Waals surface area contributed by atoms with E-state index in [1.807, 2.05) is 20.8 Å². The van der Waals surface area contributed by atoms with Crippen molar-refractivity contribution in [3.63, 3.8) is 0 Å². The monoisotopic (exact) mass is 589 g/mol. The molecule has 0 unspecified atom stereocenters. The molecule has 2 amide bonds. The van der Waals surface area contributed by atoms with E-state index in [2.05, 4.69) is 5.32 Å². The zero-order chi connectivity index (χ0) is 28.7. The highest BCUT2D eigenvalue weighted by atomic mass is 35.5. The lowest BCUT2D eigenvalue weighted by Gasteiger charge is -2.32. The Hall–Kier alpha value is -3.07. The van der Waals surface area contributed by atoms with Crippen molar-refractivity contribution in [2.75, 3.05) is 17.4 Å². The van der Waals surface area contributed by atoms with Crippen molar-refractivity contribution in [2.45, 2.75) is 45.2 Å². The maximum atomic E-state index is 13.9. The molecule has 0 aliphatic rings. The molecular weight excluding hydrogens is 557 g/mol. The van der Waals surface area contributed by atoms with E-state index >= 15 is 0 Å². The standard InChI is InChI=1S/C29H33Cl2N3O4S/c1-20(2)17-32-29(36)22(4)33(18-23-11-13-24(30)14-12-23)28(35)19-34(27-8-6-5-7-26(27)31)39(37,38)25-15-9-21(3)10-16-25/h5-16,20,22H,17-19H2,1-4H3,(H,32,36)/t22-/m0/s1. The van der Waals surface area contributed by atoms with Crippen LogP contribution in [-0.4, -0.2) is 44.3 Å². The predicted molar refractivity (Wildman–Crippen MR) is 156 cm³/mol. The molecule has 3 rings (SSSR count). The Morgan fingerprint density at radius 1 is 0.897 bits per heavy atom. The minimum atomic E-state index is -4.18. The van der Waals surface area contributed by atoms with Crippen LogP contribution in [0.4, 0.5) is 5.69 Å². The van der Waals surface area contributed by atoms with Gasteiger partial charge in [-0.15, -0.1) is 0 Å². The molecule has 0 spiro atoms. The van der Waals surface area contributed by atoms with E-state index in [9.17, 15) is 18.0 Å². The summed E-state index contributed by atoms with van der Waals surface area (Å²) in [5.74, 6) is -0.679. The van der Waals surface area contributed by atoms with Crippen molar-refractivity contribution < 1.29 is 18.0 Å². The lowest BCUT2D eigenvalue weighted by Crippen LogP contribution is -2.51. The quantitative estimate of drug-likeness (QED) is 0.311. The number of anilines is 1. The lowest BCUT2D eigenvalue weighted by molar-refractivity contribution is -0.139. The number of benzene rings is 3. The van der Waals surface area contributed by atoms with Gasteiger partial charge in [0.15, 0.2) is 0 Å². The highest BCUT2D eigenvalue weighted by Gasteiger charge is 2.33. The van der Waals surface area contributed by atoms with Crippen molar-refractivity contribution >= 4 is 50.7 Å². The summed E-state index contributed by atoms with van der Waals surface area (Å²) in [6.45, 7) is 7.38. The number of sulfonamides is 1. The fourth-order valence-corrected chi connectivity index (χ4v) is 5.67. The van der Waals surface area contributed by atoms with Crippen LogP contribution in [0.15, 0.2) is 77.7 Å². The average Bonchev–Trinajstić information content (AvgIpc) is 2.90. The molecule has 10 heteroatoms. The normalized spacial score (nSPS) is 12.2. The predicted octanol–water partition coefficient (Wildman–Crippen LogP) is 5.69. The molecule has 0 aliphatic heterocycles. The number of hydrogen-bond donors (Lipinski definition) is 1. The number of para-hydroxylation sites is 1. The molecule has 0 saturated heterocycles. The minimum Gasteiger partial charge on any atom is -0.354 e. The van der Waals surface area contributed by atoms with Crippen molar-refractivity contribution in [3.05, 3.63) is 94.0 Å². The Bertz CT molecular complexity index is 1390. The van der Waals surface area contributed by atoms with Gasteiger partial charge in [0, 0.05) is 18.1 Å². The second-order valence-electron chi connectivity index (χ2n) is 9.74. The Morgan fingerprint density at radius 3 is 2.10 bits per heavy atom. The number of rotatable bonds is 11. The molecule has 3 aromatic rings. The third-order valence-electron chi connectivity index (χ3n) is 6.13. The summed E-state index contributed by atoms with van der Waals surface area (Å²) in [5.41, 5.74) is 1.79. The number of amides is 2. The topological polar surface area (TPSA) is 86.8 Å². The summed E-state index contributed by atoms with van der Waals surface area (Å²) in [7, 11) is -4.18. The first-order valence-corrected chi connectivity index (χ1v) is 14.7. The van der Waals surface area contributed by atoms with E-state index in [-0.39, 0.29) is 34.0 Å². The largest absolute Gasteiger partial charge is 0.354 e. The van der Waals surface area contributed by atoms with E-state index in [0.29, 0.717) is 11.6 Å². The molecule has 0 heterocycles. The second kappa shape index (κ2) is 13.3. The van der Waals surface area contributed by atoms with Crippen molar-refractivity contribution in [1.82, 2.24) is 10.2 Å². The van der Waals surface area contributed by atoms with E-state index < -0.39 is 28.5 Å². The highest BCUT2D eigenvalue weighted by Crippen LogP contribution is 2.31. The van der Waals surface area contributed by atoms with E-state index in [1.165, 1.54) is 17.0 Å². The van der Waals surface area contributed by atoms with Gasteiger partial charge in [-0.25, -0.2) is 8.42 Å². The molecule has 39 heavy (non-hydrogen) atoms. The van der Waals surface area contributed by atoms with Gasteiger partial charge in [0.2, 0.25) is 11.8 Å². The molecular formula is C29H33Cl2N3O4S. The molecule has 0 fully saturated rings. The van der Waals surface area contributed by atoms with Crippen LogP contribution in [0.25, 0.3) is 0 Å². The molecule has 3 aromatic carbocycles. The Kier molecular flexibility index (Phi) is 10.4. The number of hydrogen-bond acceptors (Lipinski definition) is 4. The van der Waals surface area contributed by atoms with E-state index in [0.717, 1.165) is 15.4 Å².